The first kappa shape index (κ1) is 11.8. The summed E-state index contributed by atoms with van der Waals surface area (Å²) in [6.07, 6.45) is -1.17. The van der Waals surface area contributed by atoms with Crippen LogP contribution in [0.3, 0.4) is 0 Å². The summed E-state index contributed by atoms with van der Waals surface area (Å²) in [4.78, 5) is 33.7. The molecule has 1 fully saturated rings. The molecule has 0 saturated carbocycles. The maximum absolute atomic E-state index is 11.3. The van der Waals surface area contributed by atoms with Crippen LogP contribution in [0.15, 0.2) is 0 Å². The minimum atomic E-state index is -1.17. The van der Waals surface area contributed by atoms with Crippen molar-refractivity contribution in [2.75, 3.05) is 20.1 Å². The Labute approximate surface area is 91.8 Å². The number of carbonyl (C=O) groups is 3. The van der Waals surface area contributed by atoms with Crippen molar-refractivity contribution in [2.24, 2.45) is 5.92 Å². The number of nitrogens with zero attached hydrogens (tertiary/aromatic N) is 1. The highest BCUT2D eigenvalue weighted by molar-refractivity contribution is 5.99. The van der Waals surface area contributed by atoms with Gasteiger partial charge in [-0.1, -0.05) is 11.8 Å². The predicted octanol–water partition coefficient (Wildman–Crippen LogP) is -0.945. The van der Waals surface area contributed by atoms with E-state index < -0.39 is 23.9 Å². The molecule has 4 amide bonds. The van der Waals surface area contributed by atoms with Gasteiger partial charge in [0.2, 0.25) is 5.91 Å². The average Bonchev–Trinajstić information content (AvgIpc) is 2.19. The molecule has 1 atom stereocenters. The van der Waals surface area contributed by atoms with E-state index in [1.807, 2.05) is 0 Å². The Hall–Kier alpha value is -2.23. The first-order chi connectivity index (χ1) is 7.50. The lowest BCUT2D eigenvalue weighted by Gasteiger charge is -2.25. The van der Waals surface area contributed by atoms with Crippen molar-refractivity contribution in [3.63, 3.8) is 0 Å². The summed E-state index contributed by atoms with van der Waals surface area (Å²) in [6, 6.07) is -0.452. The van der Waals surface area contributed by atoms with E-state index in [2.05, 4.69) is 22.5 Å². The van der Waals surface area contributed by atoms with Crippen LogP contribution < -0.4 is 10.6 Å². The van der Waals surface area contributed by atoms with Gasteiger partial charge in [-0.25, -0.2) is 9.59 Å². The van der Waals surface area contributed by atoms with E-state index >= 15 is 0 Å². The zero-order valence-corrected chi connectivity index (χ0v) is 8.61. The van der Waals surface area contributed by atoms with Crippen molar-refractivity contribution in [2.45, 2.75) is 0 Å². The summed E-state index contributed by atoms with van der Waals surface area (Å²) in [5.74, 6) is 4.04. The Morgan fingerprint density at radius 2 is 2.38 bits per heavy atom. The molecule has 0 spiro atoms. The monoisotopic (exact) mass is 225 g/mol. The van der Waals surface area contributed by atoms with Gasteiger partial charge in [-0.3, -0.25) is 10.1 Å². The molecule has 1 heterocycles. The molecule has 7 nitrogen and oxygen atoms in total. The third kappa shape index (κ3) is 3.16. The second kappa shape index (κ2) is 5.02. The molecule has 16 heavy (non-hydrogen) atoms. The van der Waals surface area contributed by atoms with Crippen molar-refractivity contribution in [1.82, 2.24) is 15.5 Å². The SMILES string of the molecule is CN1CC(C#CCNC(=O)O)C(=O)NC1=O. The second-order valence-electron chi connectivity index (χ2n) is 3.21. The van der Waals surface area contributed by atoms with Gasteiger partial charge in [-0.05, 0) is 0 Å². The number of nitrogens with one attached hydrogen (secondary N) is 2. The standard InChI is InChI=1S/C9H11N3O4/c1-12-5-6(7(13)11-8(12)14)3-2-4-10-9(15)16/h6,10H,4-5H2,1H3,(H,15,16)(H,11,13,14). The smallest absolute Gasteiger partial charge is 0.405 e. The topological polar surface area (TPSA) is 98.7 Å². The van der Waals surface area contributed by atoms with Gasteiger partial charge in [-0.15, -0.1) is 0 Å². The molecule has 0 aromatic heterocycles. The molecule has 1 aliphatic heterocycles. The van der Waals surface area contributed by atoms with E-state index in [1.54, 1.807) is 7.05 Å². The summed E-state index contributed by atoms with van der Waals surface area (Å²) in [5, 5.41) is 12.5. The number of carboxylic acid groups (broad SMARTS) is 1. The molecule has 0 aliphatic carbocycles. The first-order valence-electron chi connectivity index (χ1n) is 4.52. The van der Waals surface area contributed by atoms with Crippen molar-refractivity contribution in [3.8, 4) is 11.8 Å². The third-order valence-corrected chi connectivity index (χ3v) is 1.95. The van der Waals surface area contributed by atoms with E-state index in [0.717, 1.165) is 0 Å². The van der Waals surface area contributed by atoms with E-state index in [1.165, 1.54) is 4.90 Å². The van der Waals surface area contributed by atoms with Crippen LogP contribution in [0.4, 0.5) is 9.59 Å². The average molecular weight is 225 g/mol. The van der Waals surface area contributed by atoms with Crippen molar-refractivity contribution >= 4 is 18.0 Å². The molecule has 3 N–H and O–H groups in total. The minimum absolute atomic E-state index is 0.0449. The number of rotatable bonds is 1. The zero-order chi connectivity index (χ0) is 12.1. The lowest BCUT2D eigenvalue weighted by molar-refractivity contribution is -0.123. The molecular weight excluding hydrogens is 214 g/mol. The molecule has 1 saturated heterocycles. The van der Waals surface area contributed by atoms with Crippen molar-refractivity contribution in [1.29, 1.82) is 0 Å². The first-order valence-corrected chi connectivity index (χ1v) is 4.52. The van der Waals surface area contributed by atoms with Gasteiger partial charge in [0.15, 0.2) is 0 Å². The van der Waals surface area contributed by atoms with Gasteiger partial charge in [0.25, 0.3) is 0 Å². The van der Waals surface area contributed by atoms with Gasteiger partial charge in [-0.2, -0.15) is 0 Å². The summed E-state index contributed by atoms with van der Waals surface area (Å²) < 4.78 is 0. The van der Waals surface area contributed by atoms with Crippen LogP contribution >= 0.6 is 0 Å². The Balaban J connectivity index is 2.50. The van der Waals surface area contributed by atoms with Gasteiger partial charge in [0, 0.05) is 13.6 Å². The Bertz CT molecular complexity index is 382. The molecule has 1 rings (SSSR count). The molecule has 0 aromatic carbocycles. The number of hydrogen-bond acceptors (Lipinski definition) is 3. The number of carbonyl (C=O) groups excluding carboxylic acids is 2. The van der Waals surface area contributed by atoms with Crippen LogP contribution in [0.25, 0.3) is 0 Å². The Morgan fingerprint density at radius 3 is 3.00 bits per heavy atom. The highest BCUT2D eigenvalue weighted by Crippen LogP contribution is 2.04. The Kier molecular flexibility index (Phi) is 3.72. The van der Waals surface area contributed by atoms with E-state index in [4.69, 9.17) is 5.11 Å². The van der Waals surface area contributed by atoms with E-state index in [0.29, 0.717) is 0 Å². The molecule has 0 bridgehead atoms. The largest absolute Gasteiger partial charge is 0.465 e. The van der Waals surface area contributed by atoms with Crippen molar-refractivity contribution < 1.29 is 19.5 Å². The third-order valence-electron chi connectivity index (χ3n) is 1.95. The highest BCUT2D eigenvalue weighted by Gasteiger charge is 2.28. The lowest BCUT2D eigenvalue weighted by Crippen LogP contribution is -2.52. The molecular formula is C9H11N3O4. The normalized spacial score (nSPS) is 19.6. The highest BCUT2D eigenvalue weighted by atomic mass is 16.4. The molecule has 0 radical (unpaired) electrons. The van der Waals surface area contributed by atoms with Crippen LogP contribution in [0.5, 0.6) is 0 Å². The van der Waals surface area contributed by atoms with E-state index in [-0.39, 0.29) is 13.1 Å². The number of hydrogen-bond donors (Lipinski definition) is 3. The number of amides is 4. The van der Waals surface area contributed by atoms with Crippen LogP contribution in [0.2, 0.25) is 0 Å². The fourth-order valence-electron chi connectivity index (χ4n) is 1.13. The summed E-state index contributed by atoms with van der Waals surface area (Å²) in [6.45, 7) is 0.168. The maximum atomic E-state index is 11.3. The van der Waals surface area contributed by atoms with Gasteiger partial charge >= 0.3 is 12.1 Å². The number of imide groups is 1. The summed E-state index contributed by atoms with van der Waals surface area (Å²) in [5.41, 5.74) is 0. The summed E-state index contributed by atoms with van der Waals surface area (Å²) in [7, 11) is 1.55. The van der Waals surface area contributed by atoms with Crippen LogP contribution in [-0.4, -0.2) is 48.2 Å². The lowest BCUT2D eigenvalue weighted by atomic mass is 10.1. The van der Waals surface area contributed by atoms with Crippen LogP contribution in [0.1, 0.15) is 0 Å². The van der Waals surface area contributed by atoms with Crippen LogP contribution in [-0.2, 0) is 4.79 Å². The molecule has 7 heteroatoms. The van der Waals surface area contributed by atoms with Crippen molar-refractivity contribution in [3.05, 3.63) is 0 Å². The van der Waals surface area contributed by atoms with E-state index in [9.17, 15) is 14.4 Å². The molecule has 1 unspecified atom stereocenters. The zero-order valence-electron chi connectivity index (χ0n) is 8.61. The molecule has 0 aromatic rings. The summed E-state index contributed by atoms with van der Waals surface area (Å²) >= 11 is 0. The maximum Gasteiger partial charge on any atom is 0.405 e. The van der Waals surface area contributed by atoms with Gasteiger partial charge < -0.3 is 15.3 Å². The fourth-order valence-corrected chi connectivity index (χ4v) is 1.13. The van der Waals surface area contributed by atoms with Gasteiger partial charge in [0.1, 0.15) is 5.92 Å². The van der Waals surface area contributed by atoms with Crippen LogP contribution in [0, 0.1) is 17.8 Å². The predicted molar refractivity (Wildman–Crippen MR) is 53.5 cm³/mol. The quantitative estimate of drug-likeness (QED) is 0.501. The molecule has 86 valence electrons. The second-order valence-corrected chi connectivity index (χ2v) is 3.21. The fraction of sp³-hybridized carbons (Fsp3) is 0.444. The Morgan fingerprint density at radius 1 is 1.69 bits per heavy atom. The molecule has 1 aliphatic rings. The minimum Gasteiger partial charge on any atom is -0.465 e. The van der Waals surface area contributed by atoms with Gasteiger partial charge in [0.05, 0.1) is 6.54 Å². The number of urea groups is 1.